The molecule has 0 aromatic heterocycles. The first-order valence-corrected chi connectivity index (χ1v) is 7.90. The molecule has 0 aliphatic heterocycles. The van der Waals surface area contributed by atoms with Crippen LogP contribution in [0.15, 0.2) is 18.2 Å². The van der Waals surface area contributed by atoms with Crippen molar-refractivity contribution >= 4 is 17.9 Å². The fourth-order valence-corrected chi connectivity index (χ4v) is 2.06. The molecule has 1 rings (SSSR count). The molecule has 25 heavy (non-hydrogen) atoms. The number of carbonyl (C=O) groups is 3. The monoisotopic (exact) mass is 351 g/mol. The van der Waals surface area contributed by atoms with Crippen molar-refractivity contribution in [2.45, 2.75) is 53.2 Å². The van der Waals surface area contributed by atoms with Gasteiger partial charge in [-0.1, -0.05) is 0 Å². The fourth-order valence-electron chi connectivity index (χ4n) is 2.06. The molecule has 1 N–H and O–H groups in total. The van der Waals surface area contributed by atoms with E-state index in [1.165, 1.54) is 26.8 Å². The van der Waals surface area contributed by atoms with E-state index < -0.39 is 24.0 Å². The lowest BCUT2D eigenvalue weighted by Crippen LogP contribution is -2.39. The molecular weight excluding hydrogens is 326 g/mol. The van der Waals surface area contributed by atoms with Crippen LogP contribution in [0.1, 0.15) is 53.2 Å². The summed E-state index contributed by atoms with van der Waals surface area (Å²) in [6.07, 6.45) is -0.637. The van der Waals surface area contributed by atoms with E-state index in [1.54, 1.807) is 12.1 Å². The molecule has 0 aliphatic rings. The number of ether oxygens (including phenoxy) is 3. The van der Waals surface area contributed by atoms with Gasteiger partial charge in [0, 0.05) is 44.5 Å². The van der Waals surface area contributed by atoms with E-state index in [0.717, 1.165) is 0 Å². The lowest BCUT2D eigenvalue weighted by atomic mass is 10.1. The minimum absolute atomic E-state index is 0.190. The highest BCUT2D eigenvalue weighted by molar-refractivity contribution is 5.71. The zero-order valence-corrected chi connectivity index (χ0v) is 15.5. The summed E-state index contributed by atoms with van der Waals surface area (Å²) in [5.74, 6) is -1.07. The molecule has 0 saturated heterocycles. The van der Waals surface area contributed by atoms with E-state index in [9.17, 15) is 14.4 Å². The second kappa shape index (κ2) is 8.62. The van der Waals surface area contributed by atoms with Crippen LogP contribution in [0.3, 0.4) is 0 Å². The van der Waals surface area contributed by atoms with E-state index in [1.807, 2.05) is 20.8 Å². The maximum Gasteiger partial charge on any atom is 0.308 e. The Morgan fingerprint density at radius 2 is 1.40 bits per heavy atom. The fraction of sp³-hybridized carbons (Fsp3) is 0.500. The highest BCUT2D eigenvalue weighted by Crippen LogP contribution is 2.29. The normalized spacial score (nSPS) is 12.2. The third kappa shape index (κ3) is 8.30. The molecule has 0 amide bonds. The van der Waals surface area contributed by atoms with Gasteiger partial charge in [0.25, 0.3) is 0 Å². The maximum atomic E-state index is 11.5. The van der Waals surface area contributed by atoms with Gasteiger partial charge in [-0.15, -0.1) is 0 Å². The Labute approximate surface area is 147 Å². The highest BCUT2D eigenvalue weighted by Gasteiger charge is 2.21. The summed E-state index contributed by atoms with van der Waals surface area (Å²) in [5, 5.41) is 3.25. The third-order valence-electron chi connectivity index (χ3n) is 2.92. The lowest BCUT2D eigenvalue weighted by Gasteiger charge is -2.25. The molecule has 7 heteroatoms. The quantitative estimate of drug-likeness (QED) is 0.622. The number of nitrogens with one attached hydrogen (secondary N) is 1. The molecule has 0 spiro atoms. The van der Waals surface area contributed by atoms with Crippen molar-refractivity contribution in [1.29, 1.82) is 0 Å². The Morgan fingerprint density at radius 3 is 1.76 bits per heavy atom. The van der Waals surface area contributed by atoms with Gasteiger partial charge in [0.05, 0.1) is 0 Å². The molecule has 138 valence electrons. The summed E-state index contributed by atoms with van der Waals surface area (Å²) in [6, 6.07) is 4.58. The van der Waals surface area contributed by atoms with Crippen LogP contribution in [0.4, 0.5) is 0 Å². The average Bonchev–Trinajstić information content (AvgIpc) is 2.40. The van der Waals surface area contributed by atoms with Gasteiger partial charge >= 0.3 is 17.9 Å². The predicted molar refractivity (Wildman–Crippen MR) is 91.3 cm³/mol. The van der Waals surface area contributed by atoms with E-state index in [-0.39, 0.29) is 17.0 Å². The summed E-state index contributed by atoms with van der Waals surface area (Å²) in [6.45, 7) is 10.1. The van der Waals surface area contributed by atoms with Crippen LogP contribution in [0.5, 0.6) is 11.5 Å². The van der Waals surface area contributed by atoms with Gasteiger partial charge < -0.3 is 19.5 Å². The minimum Gasteiger partial charge on any atom is -0.456 e. The Kier molecular flexibility index (Phi) is 7.11. The molecule has 0 fully saturated rings. The van der Waals surface area contributed by atoms with Crippen molar-refractivity contribution < 1.29 is 28.6 Å². The van der Waals surface area contributed by atoms with Crippen LogP contribution in [-0.4, -0.2) is 30.0 Å². The second-order valence-corrected chi connectivity index (χ2v) is 6.65. The van der Waals surface area contributed by atoms with E-state index in [4.69, 9.17) is 14.2 Å². The molecule has 7 nitrogen and oxygen atoms in total. The average molecular weight is 351 g/mol. The van der Waals surface area contributed by atoms with Crippen LogP contribution >= 0.6 is 0 Å². The van der Waals surface area contributed by atoms with Gasteiger partial charge in [-0.3, -0.25) is 14.4 Å². The van der Waals surface area contributed by atoms with Crippen molar-refractivity contribution in [3.05, 3.63) is 23.8 Å². The maximum absolute atomic E-state index is 11.5. The number of rotatable bonds is 6. The molecule has 1 atom stereocenters. The van der Waals surface area contributed by atoms with Crippen LogP contribution in [-0.2, 0) is 19.1 Å². The smallest absolute Gasteiger partial charge is 0.308 e. The number of esters is 3. The second-order valence-electron chi connectivity index (χ2n) is 6.65. The van der Waals surface area contributed by atoms with Gasteiger partial charge in [0.1, 0.15) is 17.6 Å². The topological polar surface area (TPSA) is 90.9 Å². The standard InChI is InChI=1S/C18H25NO6/c1-11(20)23-15-7-14(8-16(9-15)24-12(2)21)17(25-13(3)22)10-19-18(4,5)6/h7-9,17,19H,10H2,1-6H3/t17-/m0/s1. The Bertz CT molecular complexity index is 613. The molecule has 1 aromatic rings. The summed E-state index contributed by atoms with van der Waals surface area (Å²) in [5.41, 5.74) is 0.354. The van der Waals surface area contributed by atoms with Crippen molar-refractivity contribution in [1.82, 2.24) is 5.32 Å². The summed E-state index contributed by atoms with van der Waals surface area (Å²) >= 11 is 0. The molecule has 1 aromatic carbocycles. The first-order valence-electron chi connectivity index (χ1n) is 7.90. The Morgan fingerprint density at radius 1 is 0.920 bits per heavy atom. The Balaban J connectivity index is 3.21. The van der Waals surface area contributed by atoms with Crippen molar-refractivity contribution in [2.75, 3.05) is 6.54 Å². The van der Waals surface area contributed by atoms with E-state index >= 15 is 0 Å². The molecule has 0 unspecified atom stereocenters. The molecule has 0 aliphatic carbocycles. The van der Waals surface area contributed by atoms with Crippen molar-refractivity contribution in [3.8, 4) is 11.5 Å². The van der Waals surface area contributed by atoms with Crippen LogP contribution in [0, 0.1) is 0 Å². The molecular formula is C18H25NO6. The SMILES string of the molecule is CC(=O)Oc1cc(OC(C)=O)cc([C@H](CNC(C)(C)C)OC(C)=O)c1. The van der Waals surface area contributed by atoms with Crippen LogP contribution in [0.2, 0.25) is 0 Å². The lowest BCUT2D eigenvalue weighted by molar-refractivity contribution is -0.146. The van der Waals surface area contributed by atoms with E-state index in [0.29, 0.717) is 12.1 Å². The number of benzene rings is 1. The largest absolute Gasteiger partial charge is 0.456 e. The Hall–Kier alpha value is -2.41. The van der Waals surface area contributed by atoms with Gasteiger partial charge in [0.15, 0.2) is 0 Å². The van der Waals surface area contributed by atoms with Crippen LogP contribution < -0.4 is 14.8 Å². The summed E-state index contributed by atoms with van der Waals surface area (Å²) in [4.78, 5) is 33.9. The van der Waals surface area contributed by atoms with Gasteiger partial charge in [-0.25, -0.2) is 0 Å². The van der Waals surface area contributed by atoms with E-state index in [2.05, 4.69) is 5.32 Å². The summed E-state index contributed by atoms with van der Waals surface area (Å²) in [7, 11) is 0. The molecule has 0 saturated carbocycles. The van der Waals surface area contributed by atoms with Gasteiger partial charge in [0.2, 0.25) is 0 Å². The molecule has 0 radical (unpaired) electrons. The highest BCUT2D eigenvalue weighted by atomic mass is 16.6. The van der Waals surface area contributed by atoms with Crippen molar-refractivity contribution in [3.63, 3.8) is 0 Å². The molecule has 0 heterocycles. The zero-order valence-electron chi connectivity index (χ0n) is 15.5. The first kappa shape index (κ1) is 20.6. The summed E-state index contributed by atoms with van der Waals surface area (Å²) < 4.78 is 15.5. The number of hydrogen-bond acceptors (Lipinski definition) is 7. The first-order chi connectivity index (χ1) is 11.5. The minimum atomic E-state index is -0.637. The third-order valence-corrected chi connectivity index (χ3v) is 2.92. The number of hydrogen-bond donors (Lipinski definition) is 1. The van der Waals surface area contributed by atoms with Crippen LogP contribution in [0.25, 0.3) is 0 Å². The predicted octanol–water partition coefficient (Wildman–Crippen LogP) is 2.53. The van der Waals surface area contributed by atoms with Gasteiger partial charge in [-0.2, -0.15) is 0 Å². The van der Waals surface area contributed by atoms with Crippen molar-refractivity contribution in [2.24, 2.45) is 0 Å². The molecule has 0 bridgehead atoms. The van der Waals surface area contributed by atoms with Gasteiger partial charge in [-0.05, 0) is 32.9 Å². The number of carbonyl (C=O) groups excluding carboxylic acids is 3. The zero-order chi connectivity index (χ0) is 19.2.